The summed E-state index contributed by atoms with van der Waals surface area (Å²) in [6.07, 6.45) is 1.24. The van der Waals surface area contributed by atoms with E-state index in [4.69, 9.17) is 9.15 Å². The molecular weight excluding hydrogens is 431 g/mol. The monoisotopic (exact) mass is 446 g/mol. The van der Waals surface area contributed by atoms with Crippen molar-refractivity contribution >= 4 is 17.7 Å². The number of hydrogen-bond acceptors (Lipinski definition) is 5. The molecule has 0 unspecified atom stereocenters. The number of hydrogen-bond donors (Lipinski definition) is 0. The van der Waals surface area contributed by atoms with E-state index < -0.39 is 45.5 Å². The third-order valence-corrected chi connectivity index (χ3v) is 5.12. The number of nitrogens with zero attached hydrogens (tertiary/aromatic N) is 2. The summed E-state index contributed by atoms with van der Waals surface area (Å²) in [6, 6.07) is 2.79. The van der Waals surface area contributed by atoms with Crippen LogP contribution in [0.15, 0.2) is 32.6 Å². The molecule has 11 heteroatoms. The Morgan fingerprint density at radius 2 is 1.60 bits per heavy atom. The molecule has 0 N–H and O–H groups in total. The molecule has 2 aromatic heterocycles. The van der Waals surface area contributed by atoms with E-state index in [1.807, 2.05) is 0 Å². The van der Waals surface area contributed by atoms with Gasteiger partial charge in [-0.15, -0.1) is 0 Å². The number of rotatable bonds is 4. The van der Waals surface area contributed by atoms with Crippen molar-refractivity contribution < 1.29 is 35.9 Å². The predicted octanol–water partition coefficient (Wildman–Crippen LogP) is 5.61. The molecule has 0 saturated heterocycles. The van der Waals surface area contributed by atoms with Crippen LogP contribution in [0.2, 0.25) is 0 Å². The molecular formula is C19H15F5N2O3S. The Kier molecular flexibility index (Phi) is 5.68. The van der Waals surface area contributed by atoms with E-state index in [9.17, 15) is 26.7 Å². The predicted molar refractivity (Wildman–Crippen MR) is 96.0 cm³/mol. The molecule has 30 heavy (non-hydrogen) atoms. The number of esters is 1. The van der Waals surface area contributed by atoms with Crippen LogP contribution >= 0.6 is 11.8 Å². The standard InChI is InChI=1S/C19H15F5N2O3S/c1-8-15(30-16-13(23)11(21)10(20)12(22)14(16)24)17(26(25-8)19(2,3)4)29-18(27)9-6-5-7-28-9/h5-7H,1-4H3. The maximum absolute atomic E-state index is 14.2. The maximum atomic E-state index is 14.2. The van der Waals surface area contributed by atoms with Gasteiger partial charge in [-0.2, -0.15) is 5.10 Å². The zero-order valence-electron chi connectivity index (χ0n) is 16.1. The molecule has 0 atom stereocenters. The van der Waals surface area contributed by atoms with E-state index in [1.54, 1.807) is 20.8 Å². The smallest absolute Gasteiger partial charge is 0.380 e. The van der Waals surface area contributed by atoms with E-state index in [2.05, 4.69) is 5.10 Å². The van der Waals surface area contributed by atoms with E-state index in [0.29, 0.717) is 0 Å². The second-order valence-electron chi connectivity index (χ2n) is 7.17. The second kappa shape index (κ2) is 7.78. The largest absolute Gasteiger partial charge is 0.457 e. The van der Waals surface area contributed by atoms with Gasteiger partial charge < -0.3 is 9.15 Å². The maximum Gasteiger partial charge on any atom is 0.380 e. The van der Waals surface area contributed by atoms with Gasteiger partial charge in [-0.05, 0) is 39.8 Å². The molecule has 0 bridgehead atoms. The van der Waals surface area contributed by atoms with Gasteiger partial charge in [-0.1, -0.05) is 11.8 Å². The van der Waals surface area contributed by atoms with Crippen molar-refractivity contribution in [2.75, 3.05) is 0 Å². The fourth-order valence-corrected chi connectivity index (χ4v) is 3.43. The van der Waals surface area contributed by atoms with Crippen LogP contribution in [-0.2, 0) is 5.54 Å². The van der Waals surface area contributed by atoms with Crippen LogP contribution < -0.4 is 4.74 Å². The molecule has 5 nitrogen and oxygen atoms in total. The number of carbonyl (C=O) groups excluding carboxylic acids is 1. The Morgan fingerprint density at radius 1 is 1.03 bits per heavy atom. The average molecular weight is 446 g/mol. The number of halogens is 5. The third-order valence-electron chi connectivity index (χ3n) is 3.89. The quantitative estimate of drug-likeness (QED) is 0.226. The van der Waals surface area contributed by atoms with Crippen LogP contribution in [0.1, 0.15) is 37.0 Å². The minimum Gasteiger partial charge on any atom is -0.457 e. The molecule has 0 spiro atoms. The molecule has 1 aromatic carbocycles. The molecule has 3 rings (SSSR count). The van der Waals surface area contributed by atoms with Gasteiger partial charge in [0.05, 0.1) is 27.3 Å². The SMILES string of the molecule is Cc1nn(C(C)(C)C)c(OC(=O)c2ccco2)c1Sc1c(F)c(F)c(F)c(F)c1F. The molecule has 0 amide bonds. The molecule has 2 heterocycles. The summed E-state index contributed by atoms with van der Waals surface area (Å²) in [4.78, 5) is 11.1. The lowest BCUT2D eigenvalue weighted by molar-refractivity contribution is 0.0670. The number of aryl methyl sites for hydroxylation is 1. The van der Waals surface area contributed by atoms with Crippen molar-refractivity contribution in [2.24, 2.45) is 0 Å². The Hall–Kier alpha value is -2.82. The van der Waals surface area contributed by atoms with Crippen molar-refractivity contribution in [3.8, 4) is 5.88 Å². The normalized spacial score (nSPS) is 11.8. The summed E-state index contributed by atoms with van der Waals surface area (Å²) in [5.41, 5.74) is -0.597. The number of benzene rings is 1. The number of aromatic nitrogens is 2. The van der Waals surface area contributed by atoms with Gasteiger partial charge in [0.25, 0.3) is 0 Å². The summed E-state index contributed by atoms with van der Waals surface area (Å²) in [7, 11) is 0. The van der Waals surface area contributed by atoms with Gasteiger partial charge in [-0.25, -0.2) is 31.4 Å². The van der Waals surface area contributed by atoms with Gasteiger partial charge in [0.2, 0.25) is 17.5 Å². The van der Waals surface area contributed by atoms with Gasteiger partial charge in [-0.3, -0.25) is 0 Å². The molecule has 160 valence electrons. The molecule has 0 saturated carbocycles. The highest BCUT2D eigenvalue weighted by molar-refractivity contribution is 7.99. The minimum atomic E-state index is -2.26. The van der Waals surface area contributed by atoms with E-state index in [-0.39, 0.29) is 34.0 Å². The zero-order valence-corrected chi connectivity index (χ0v) is 17.0. The van der Waals surface area contributed by atoms with Crippen molar-refractivity contribution in [1.29, 1.82) is 0 Å². The van der Waals surface area contributed by atoms with Gasteiger partial charge in [0.15, 0.2) is 23.3 Å². The summed E-state index contributed by atoms with van der Waals surface area (Å²) >= 11 is 0.219. The van der Waals surface area contributed by atoms with Crippen molar-refractivity contribution in [1.82, 2.24) is 9.78 Å². The average Bonchev–Trinajstić information content (AvgIpc) is 3.31. The Morgan fingerprint density at radius 3 is 2.10 bits per heavy atom. The fraction of sp³-hybridized carbons (Fsp3) is 0.263. The molecule has 0 radical (unpaired) electrons. The van der Waals surface area contributed by atoms with Crippen LogP contribution in [0.5, 0.6) is 5.88 Å². The molecule has 3 aromatic rings. The lowest BCUT2D eigenvalue weighted by Crippen LogP contribution is -2.25. The van der Waals surface area contributed by atoms with Gasteiger partial charge in [0, 0.05) is 0 Å². The van der Waals surface area contributed by atoms with Crippen LogP contribution in [0.25, 0.3) is 0 Å². The molecule has 0 aliphatic heterocycles. The molecule has 0 aliphatic rings. The van der Waals surface area contributed by atoms with E-state index in [0.717, 1.165) is 0 Å². The summed E-state index contributed by atoms with van der Waals surface area (Å²) in [6.45, 7) is 6.60. The Labute approximate surface area is 171 Å². The Balaban J connectivity index is 2.14. The number of carbonyl (C=O) groups is 1. The van der Waals surface area contributed by atoms with E-state index >= 15 is 0 Å². The summed E-state index contributed by atoms with van der Waals surface area (Å²) in [5, 5.41) is 4.22. The highest BCUT2D eigenvalue weighted by atomic mass is 32.2. The van der Waals surface area contributed by atoms with Crippen molar-refractivity contribution in [3.05, 3.63) is 58.9 Å². The number of furan rings is 1. The van der Waals surface area contributed by atoms with Gasteiger partial charge >= 0.3 is 5.97 Å². The Bertz CT molecular complexity index is 1090. The van der Waals surface area contributed by atoms with Crippen molar-refractivity contribution in [3.63, 3.8) is 0 Å². The van der Waals surface area contributed by atoms with Crippen LogP contribution in [0.3, 0.4) is 0 Å². The first-order valence-corrected chi connectivity index (χ1v) is 9.30. The first-order chi connectivity index (χ1) is 13.9. The second-order valence-corrected chi connectivity index (χ2v) is 8.19. The summed E-state index contributed by atoms with van der Waals surface area (Å²) in [5.74, 6) is -11.7. The first-order valence-electron chi connectivity index (χ1n) is 8.48. The van der Waals surface area contributed by atoms with E-state index in [1.165, 1.54) is 30.0 Å². The topological polar surface area (TPSA) is 57.3 Å². The lowest BCUT2D eigenvalue weighted by Gasteiger charge is -2.21. The minimum absolute atomic E-state index is 0.0898. The molecule has 0 fully saturated rings. The third kappa shape index (κ3) is 3.81. The highest BCUT2D eigenvalue weighted by Gasteiger charge is 2.32. The van der Waals surface area contributed by atoms with Crippen LogP contribution in [0.4, 0.5) is 22.0 Å². The lowest BCUT2D eigenvalue weighted by atomic mass is 10.1. The van der Waals surface area contributed by atoms with Gasteiger partial charge in [0.1, 0.15) is 0 Å². The molecule has 0 aliphatic carbocycles. The fourth-order valence-electron chi connectivity index (χ4n) is 2.46. The summed E-state index contributed by atoms with van der Waals surface area (Å²) < 4.78 is 80.5. The van der Waals surface area contributed by atoms with Crippen molar-refractivity contribution in [2.45, 2.75) is 43.0 Å². The number of ether oxygens (including phenoxy) is 1. The zero-order chi connectivity index (χ0) is 22.4. The van der Waals surface area contributed by atoms with Crippen LogP contribution in [-0.4, -0.2) is 15.7 Å². The highest BCUT2D eigenvalue weighted by Crippen LogP contribution is 2.43. The first kappa shape index (κ1) is 21.9. The van der Waals surface area contributed by atoms with Crippen LogP contribution in [0, 0.1) is 36.0 Å².